The van der Waals surface area contributed by atoms with Crippen molar-refractivity contribution in [2.75, 3.05) is 20.2 Å². The third-order valence-corrected chi connectivity index (χ3v) is 4.08. The van der Waals surface area contributed by atoms with Crippen molar-refractivity contribution in [3.05, 3.63) is 23.4 Å². The fraction of sp³-hybridized carbons (Fsp3) is 0.556. The second-order valence-electron chi connectivity index (χ2n) is 6.08. The number of alkyl halides is 3. The zero-order valence-electron chi connectivity index (χ0n) is 15.2. The van der Waals surface area contributed by atoms with E-state index in [0.717, 1.165) is 6.42 Å². The van der Waals surface area contributed by atoms with Crippen LogP contribution in [-0.2, 0) is 17.4 Å². The zero-order valence-corrected chi connectivity index (χ0v) is 15.2. The van der Waals surface area contributed by atoms with Crippen LogP contribution >= 0.6 is 0 Å². The van der Waals surface area contributed by atoms with E-state index in [9.17, 15) is 18.0 Å². The molecule has 1 aromatic carbocycles. The van der Waals surface area contributed by atoms with Gasteiger partial charge in [0.15, 0.2) is 11.3 Å². The van der Waals surface area contributed by atoms with Crippen LogP contribution < -0.4 is 4.74 Å². The minimum Gasteiger partial charge on any atom is -0.493 e. The second-order valence-corrected chi connectivity index (χ2v) is 6.08. The average molecular weight is 372 g/mol. The molecule has 0 bridgehead atoms. The lowest BCUT2D eigenvalue weighted by Crippen LogP contribution is -2.27. The van der Waals surface area contributed by atoms with Gasteiger partial charge in [-0.15, -0.1) is 0 Å². The Morgan fingerprint density at radius 1 is 1.31 bits per heavy atom. The maximum absolute atomic E-state index is 13.2. The van der Waals surface area contributed by atoms with Gasteiger partial charge in [0, 0.05) is 20.0 Å². The largest absolute Gasteiger partial charge is 0.493 e. The highest BCUT2D eigenvalue weighted by Gasteiger charge is 2.39. The number of hydrogen-bond donors (Lipinski definition) is 0. The third-order valence-electron chi connectivity index (χ3n) is 4.08. The highest BCUT2D eigenvalue weighted by Crippen LogP contribution is 2.40. The molecule has 0 aliphatic rings. The van der Waals surface area contributed by atoms with E-state index >= 15 is 0 Å². The van der Waals surface area contributed by atoms with Gasteiger partial charge < -0.3 is 14.2 Å². The van der Waals surface area contributed by atoms with Crippen LogP contribution in [0, 0.1) is 0 Å². The predicted molar refractivity (Wildman–Crippen MR) is 91.0 cm³/mol. The smallest absolute Gasteiger partial charge is 0.437 e. The number of ether oxygens (including phenoxy) is 1. The fourth-order valence-electron chi connectivity index (χ4n) is 2.73. The van der Waals surface area contributed by atoms with Crippen molar-refractivity contribution in [3.63, 3.8) is 0 Å². The van der Waals surface area contributed by atoms with E-state index < -0.39 is 11.9 Å². The summed E-state index contributed by atoms with van der Waals surface area (Å²) in [6.45, 7) is 4.37. The maximum atomic E-state index is 13.2. The van der Waals surface area contributed by atoms with E-state index in [2.05, 4.69) is 5.16 Å². The number of fused-ring (bicyclic) bond motifs is 1. The highest BCUT2D eigenvalue weighted by atomic mass is 19.4. The molecule has 8 heteroatoms. The monoisotopic (exact) mass is 372 g/mol. The van der Waals surface area contributed by atoms with Crippen LogP contribution in [0.15, 0.2) is 16.7 Å². The quantitative estimate of drug-likeness (QED) is 0.643. The molecule has 1 amide bonds. The second kappa shape index (κ2) is 8.42. The van der Waals surface area contributed by atoms with Gasteiger partial charge in [-0.3, -0.25) is 4.79 Å². The summed E-state index contributed by atoms with van der Waals surface area (Å²) in [7, 11) is 1.69. The summed E-state index contributed by atoms with van der Waals surface area (Å²) in [6, 6.07) is 3.24. The summed E-state index contributed by atoms with van der Waals surface area (Å²) in [5.41, 5.74) is -0.278. The lowest BCUT2D eigenvalue weighted by Gasteiger charge is -2.16. The molecule has 0 N–H and O–H groups in total. The SMILES string of the molecule is CCCc1ccc(OCCCN(C)C(=O)CC)c2c(C(F)(F)F)noc12. The number of rotatable bonds is 8. The predicted octanol–water partition coefficient (Wildman–Crippen LogP) is 4.44. The molecule has 0 spiro atoms. The number of halogens is 3. The number of benzene rings is 1. The van der Waals surface area contributed by atoms with Crippen molar-refractivity contribution in [1.29, 1.82) is 0 Å². The molecule has 0 atom stereocenters. The summed E-state index contributed by atoms with van der Waals surface area (Å²) in [4.78, 5) is 13.1. The van der Waals surface area contributed by atoms with Gasteiger partial charge >= 0.3 is 6.18 Å². The molecule has 5 nitrogen and oxygen atoms in total. The highest BCUT2D eigenvalue weighted by molar-refractivity contribution is 5.89. The van der Waals surface area contributed by atoms with Gasteiger partial charge in [-0.2, -0.15) is 13.2 Å². The Balaban J connectivity index is 2.20. The number of carbonyl (C=O) groups is 1. The van der Waals surface area contributed by atoms with E-state index in [1.807, 2.05) is 6.92 Å². The number of aromatic nitrogens is 1. The van der Waals surface area contributed by atoms with E-state index in [-0.39, 0.29) is 29.2 Å². The van der Waals surface area contributed by atoms with Crippen molar-refractivity contribution < 1.29 is 27.2 Å². The number of hydrogen-bond acceptors (Lipinski definition) is 4. The van der Waals surface area contributed by atoms with Crippen LogP contribution in [-0.4, -0.2) is 36.2 Å². The van der Waals surface area contributed by atoms with Gasteiger partial charge in [-0.25, -0.2) is 0 Å². The number of aryl methyl sites for hydroxylation is 1. The van der Waals surface area contributed by atoms with Crippen LogP contribution in [0.3, 0.4) is 0 Å². The van der Waals surface area contributed by atoms with E-state index in [4.69, 9.17) is 9.26 Å². The molecule has 26 heavy (non-hydrogen) atoms. The van der Waals surface area contributed by atoms with Crippen LogP contribution in [0.1, 0.15) is 44.4 Å². The van der Waals surface area contributed by atoms with E-state index in [1.165, 1.54) is 6.07 Å². The Morgan fingerprint density at radius 3 is 2.65 bits per heavy atom. The summed E-state index contributed by atoms with van der Waals surface area (Å²) < 4.78 is 50.3. The van der Waals surface area contributed by atoms with Crippen LogP contribution in [0.5, 0.6) is 5.75 Å². The van der Waals surface area contributed by atoms with Crippen molar-refractivity contribution in [3.8, 4) is 5.75 Å². The van der Waals surface area contributed by atoms with Crippen LogP contribution in [0.25, 0.3) is 11.0 Å². The molecule has 144 valence electrons. The molecule has 2 rings (SSSR count). The maximum Gasteiger partial charge on any atom is 0.437 e. The van der Waals surface area contributed by atoms with Crippen molar-refractivity contribution in [1.82, 2.24) is 10.1 Å². The minimum atomic E-state index is -4.62. The first-order chi connectivity index (χ1) is 12.3. The van der Waals surface area contributed by atoms with Crippen molar-refractivity contribution >= 4 is 16.9 Å². The standard InChI is InChI=1S/C18H23F3N2O3/c1-4-7-12-8-9-13(25-11-6-10-23(3)14(24)5-2)15-16(12)26-22-17(15)18(19,20)21/h8-9H,4-7,10-11H2,1-3H3. The molecule has 0 aliphatic heterocycles. The first kappa shape index (κ1) is 20.1. The fourth-order valence-corrected chi connectivity index (χ4v) is 2.73. The van der Waals surface area contributed by atoms with Gasteiger partial charge in [0.05, 0.1) is 12.0 Å². The molecular formula is C18H23F3N2O3. The number of amides is 1. The number of carbonyl (C=O) groups excluding carboxylic acids is 1. The number of nitrogens with zero attached hydrogens (tertiary/aromatic N) is 2. The Kier molecular flexibility index (Phi) is 6.50. The molecule has 0 aliphatic carbocycles. The van der Waals surface area contributed by atoms with Crippen molar-refractivity contribution in [2.45, 2.75) is 45.7 Å². The summed E-state index contributed by atoms with van der Waals surface area (Å²) in [5.74, 6) is 0.104. The molecule has 0 fully saturated rings. The van der Waals surface area contributed by atoms with Gasteiger partial charge in [0.1, 0.15) is 5.75 Å². The lowest BCUT2D eigenvalue weighted by molar-refractivity contribution is -0.141. The van der Waals surface area contributed by atoms with Crippen molar-refractivity contribution in [2.24, 2.45) is 0 Å². The first-order valence-electron chi connectivity index (χ1n) is 8.64. The molecule has 0 radical (unpaired) electrons. The van der Waals surface area contributed by atoms with E-state index in [1.54, 1.807) is 24.9 Å². The minimum absolute atomic E-state index is 0.00898. The Bertz CT molecular complexity index is 756. The molecule has 1 heterocycles. The summed E-state index contributed by atoms with van der Waals surface area (Å²) in [5, 5.41) is 3.09. The normalized spacial score (nSPS) is 11.8. The molecule has 0 saturated heterocycles. The summed E-state index contributed by atoms with van der Waals surface area (Å²) >= 11 is 0. The molecular weight excluding hydrogens is 349 g/mol. The average Bonchev–Trinajstić information content (AvgIpc) is 3.05. The Morgan fingerprint density at radius 2 is 2.04 bits per heavy atom. The molecule has 1 aromatic heterocycles. The molecule has 2 aromatic rings. The van der Waals surface area contributed by atoms with Crippen LogP contribution in [0.2, 0.25) is 0 Å². The lowest BCUT2D eigenvalue weighted by atomic mass is 10.1. The van der Waals surface area contributed by atoms with Gasteiger partial charge in [-0.05, 0) is 24.5 Å². The van der Waals surface area contributed by atoms with E-state index in [0.29, 0.717) is 31.4 Å². The van der Waals surface area contributed by atoms with Gasteiger partial charge in [0.25, 0.3) is 0 Å². The third kappa shape index (κ3) is 4.47. The molecule has 0 saturated carbocycles. The Hall–Kier alpha value is -2.25. The summed E-state index contributed by atoms with van der Waals surface area (Å²) in [6.07, 6.45) is -2.34. The van der Waals surface area contributed by atoms with Gasteiger partial charge in [-0.1, -0.05) is 31.5 Å². The Labute approximate surface area is 150 Å². The van der Waals surface area contributed by atoms with Gasteiger partial charge in [0.2, 0.25) is 5.91 Å². The first-order valence-corrected chi connectivity index (χ1v) is 8.64. The molecule has 0 unspecified atom stereocenters. The van der Waals surface area contributed by atoms with Crippen LogP contribution in [0.4, 0.5) is 13.2 Å². The zero-order chi connectivity index (χ0) is 19.3. The topological polar surface area (TPSA) is 55.6 Å².